The number of phenols is 1. The molecule has 1 aliphatic rings. The second kappa shape index (κ2) is 14.4. The Morgan fingerprint density at radius 1 is 1.23 bits per heavy atom. The van der Waals surface area contributed by atoms with Crippen molar-refractivity contribution in [1.82, 2.24) is 15.5 Å². The van der Waals surface area contributed by atoms with Crippen LogP contribution in [0.25, 0.3) is 0 Å². The molecule has 4 unspecified atom stereocenters. The highest BCUT2D eigenvalue weighted by Crippen LogP contribution is 2.41. The van der Waals surface area contributed by atoms with E-state index in [2.05, 4.69) is 10.6 Å². The smallest absolute Gasteiger partial charge is 0.408 e. The maximum absolute atomic E-state index is 14.2. The van der Waals surface area contributed by atoms with E-state index in [1.54, 1.807) is 63.4 Å². The van der Waals surface area contributed by atoms with Gasteiger partial charge in [-0.2, -0.15) is 11.8 Å². The molecule has 0 spiro atoms. The molecule has 1 saturated carbocycles. The van der Waals surface area contributed by atoms with Crippen LogP contribution in [-0.4, -0.2) is 76.7 Å². The fourth-order valence-electron chi connectivity index (χ4n) is 4.20. The van der Waals surface area contributed by atoms with E-state index in [4.69, 9.17) is 9.47 Å². The number of esters is 1. The Kier molecular flexibility index (Phi) is 11.9. The predicted molar refractivity (Wildman–Crippen MR) is 150 cm³/mol. The quantitative estimate of drug-likeness (QED) is 0.308. The van der Waals surface area contributed by atoms with Crippen LogP contribution in [0.5, 0.6) is 5.75 Å². The highest BCUT2D eigenvalue weighted by Gasteiger charge is 2.48. The summed E-state index contributed by atoms with van der Waals surface area (Å²) in [6.45, 7) is 10.9. The van der Waals surface area contributed by atoms with E-state index < -0.39 is 35.7 Å². The monoisotopic (exact) mass is 565 g/mol. The summed E-state index contributed by atoms with van der Waals surface area (Å²) in [7, 11) is 0. The number of carbonyl (C=O) groups is 4. The normalized spacial score (nSPS) is 17.9. The predicted octanol–water partition coefficient (Wildman–Crippen LogP) is 3.69. The molecule has 0 saturated heterocycles. The van der Waals surface area contributed by atoms with Crippen LogP contribution in [0.2, 0.25) is 0 Å². The molecule has 3 N–H and O–H groups in total. The number of nitrogens with one attached hydrogen (secondary N) is 2. The number of aryl methyl sites for hydroxylation is 1. The van der Waals surface area contributed by atoms with Crippen LogP contribution >= 0.6 is 11.8 Å². The van der Waals surface area contributed by atoms with Gasteiger partial charge in [0.15, 0.2) is 0 Å². The van der Waals surface area contributed by atoms with Crippen molar-refractivity contribution in [3.8, 4) is 5.75 Å². The van der Waals surface area contributed by atoms with Gasteiger partial charge in [-0.25, -0.2) is 4.79 Å². The van der Waals surface area contributed by atoms with Crippen LogP contribution < -0.4 is 10.6 Å². The summed E-state index contributed by atoms with van der Waals surface area (Å²) in [5, 5.41) is 15.6. The number of amides is 3. The molecule has 3 amide bonds. The molecule has 0 aromatic heterocycles. The van der Waals surface area contributed by atoms with Crippen molar-refractivity contribution in [2.75, 3.05) is 25.2 Å². The van der Waals surface area contributed by atoms with Crippen LogP contribution in [-0.2, 0) is 23.9 Å². The molecule has 0 bridgehead atoms. The lowest BCUT2D eigenvalue weighted by Gasteiger charge is -2.35. The van der Waals surface area contributed by atoms with Gasteiger partial charge in [0, 0.05) is 12.6 Å². The van der Waals surface area contributed by atoms with Gasteiger partial charge in [-0.1, -0.05) is 13.0 Å². The van der Waals surface area contributed by atoms with E-state index in [-0.39, 0.29) is 43.2 Å². The fraction of sp³-hybridized carbons (Fsp3) is 0.643. The van der Waals surface area contributed by atoms with E-state index in [1.807, 2.05) is 13.2 Å². The second-order valence-electron chi connectivity index (χ2n) is 10.8. The number of carbonyl (C=O) groups excluding carboxylic acids is 4. The Hall–Kier alpha value is -2.95. The summed E-state index contributed by atoms with van der Waals surface area (Å²) in [4.78, 5) is 53.9. The topological polar surface area (TPSA) is 134 Å². The van der Waals surface area contributed by atoms with Crippen molar-refractivity contribution in [3.63, 3.8) is 0 Å². The number of phenolic OH excluding ortho intramolecular Hbond substituents is 1. The van der Waals surface area contributed by atoms with E-state index in [0.717, 1.165) is 0 Å². The number of alkyl carbamates (subject to hydrolysis) is 1. The lowest BCUT2D eigenvalue weighted by atomic mass is 9.99. The van der Waals surface area contributed by atoms with Crippen molar-refractivity contribution in [2.45, 2.75) is 84.5 Å². The summed E-state index contributed by atoms with van der Waals surface area (Å²) >= 11 is 1.54. The molecule has 1 aromatic rings. The number of rotatable bonds is 13. The SMILES string of the molecule is CCOC(=O)CCNC(=O)C(c1ccc(O)c(C)c1)N(C(=O)C(CCSC)NC(=O)OC(C)(C)C)C1CC1C. The number of benzene rings is 1. The molecule has 39 heavy (non-hydrogen) atoms. The molecule has 1 aliphatic carbocycles. The Morgan fingerprint density at radius 3 is 2.44 bits per heavy atom. The van der Waals surface area contributed by atoms with Crippen LogP contribution in [0.1, 0.15) is 71.0 Å². The number of hydrogen-bond acceptors (Lipinski definition) is 8. The number of nitrogens with zero attached hydrogens (tertiary/aromatic N) is 1. The third-order valence-electron chi connectivity index (χ3n) is 6.28. The van der Waals surface area contributed by atoms with E-state index in [0.29, 0.717) is 29.7 Å². The summed E-state index contributed by atoms with van der Waals surface area (Å²) in [6.07, 6.45) is 2.25. The Labute approximate surface area is 235 Å². The van der Waals surface area contributed by atoms with Crippen LogP contribution in [0.4, 0.5) is 4.79 Å². The maximum Gasteiger partial charge on any atom is 0.408 e. The molecular formula is C28H43N3O7S. The van der Waals surface area contributed by atoms with E-state index >= 15 is 0 Å². The molecular weight excluding hydrogens is 522 g/mol. The molecule has 0 radical (unpaired) electrons. The standard InChI is InChI=1S/C28H43N3O7S/c1-8-37-23(33)11-13-29-25(34)24(19-9-10-22(32)18(3)15-19)31(21-16-17(21)2)26(35)20(12-14-39-7)30-27(36)38-28(4,5)6/h9-10,15,17,20-21,24,32H,8,11-14,16H2,1-7H3,(H,29,34)(H,30,36). The first-order valence-electron chi connectivity index (χ1n) is 13.3. The zero-order valence-electron chi connectivity index (χ0n) is 24.0. The van der Waals surface area contributed by atoms with Crippen molar-refractivity contribution in [2.24, 2.45) is 5.92 Å². The minimum Gasteiger partial charge on any atom is -0.508 e. The highest BCUT2D eigenvalue weighted by molar-refractivity contribution is 7.98. The molecule has 0 heterocycles. The first-order valence-corrected chi connectivity index (χ1v) is 14.7. The minimum atomic E-state index is -1.04. The first kappa shape index (κ1) is 32.3. The maximum atomic E-state index is 14.2. The minimum absolute atomic E-state index is 0.00870. The van der Waals surface area contributed by atoms with Crippen LogP contribution in [0, 0.1) is 12.8 Å². The van der Waals surface area contributed by atoms with Crippen molar-refractivity contribution in [3.05, 3.63) is 29.3 Å². The third kappa shape index (κ3) is 9.94. The van der Waals surface area contributed by atoms with Crippen LogP contribution in [0.15, 0.2) is 18.2 Å². The number of thioether (sulfide) groups is 1. The third-order valence-corrected chi connectivity index (χ3v) is 6.92. The molecule has 2 rings (SSSR count). The van der Waals surface area contributed by atoms with Crippen molar-refractivity contribution >= 4 is 35.6 Å². The van der Waals surface area contributed by atoms with Gasteiger partial charge in [0.2, 0.25) is 11.8 Å². The Balaban J connectivity index is 2.44. The lowest BCUT2D eigenvalue weighted by Crippen LogP contribution is -2.54. The van der Waals surface area contributed by atoms with E-state index in [9.17, 15) is 24.3 Å². The summed E-state index contributed by atoms with van der Waals surface area (Å²) in [5.41, 5.74) is 0.332. The number of ether oxygens (including phenoxy) is 2. The van der Waals surface area contributed by atoms with E-state index in [1.165, 1.54) is 6.07 Å². The van der Waals surface area contributed by atoms with Gasteiger partial charge in [0.05, 0.1) is 13.0 Å². The fourth-order valence-corrected chi connectivity index (χ4v) is 4.67. The average molecular weight is 566 g/mol. The first-order chi connectivity index (χ1) is 18.3. The Bertz CT molecular complexity index is 1030. The van der Waals surface area contributed by atoms with Gasteiger partial charge in [-0.3, -0.25) is 14.4 Å². The van der Waals surface area contributed by atoms with Gasteiger partial charge in [-0.05, 0) is 88.6 Å². The summed E-state index contributed by atoms with van der Waals surface area (Å²) < 4.78 is 10.4. The average Bonchev–Trinajstić information content (AvgIpc) is 3.56. The zero-order chi connectivity index (χ0) is 29.3. The van der Waals surface area contributed by atoms with Gasteiger partial charge in [0.1, 0.15) is 23.4 Å². The molecule has 4 atom stereocenters. The molecule has 11 heteroatoms. The molecule has 1 fully saturated rings. The summed E-state index contributed by atoms with van der Waals surface area (Å²) in [5.74, 6) is -0.447. The molecule has 218 valence electrons. The van der Waals surface area contributed by atoms with Gasteiger partial charge < -0.3 is 30.1 Å². The van der Waals surface area contributed by atoms with Gasteiger partial charge in [-0.15, -0.1) is 0 Å². The lowest BCUT2D eigenvalue weighted by molar-refractivity contribution is -0.145. The number of aromatic hydroxyl groups is 1. The van der Waals surface area contributed by atoms with Crippen molar-refractivity contribution in [1.29, 1.82) is 0 Å². The molecule has 0 aliphatic heterocycles. The van der Waals surface area contributed by atoms with Crippen molar-refractivity contribution < 1.29 is 33.8 Å². The second-order valence-corrected chi connectivity index (χ2v) is 11.8. The summed E-state index contributed by atoms with van der Waals surface area (Å²) in [6, 6.07) is 2.62. The van der Waals surface area contributed by atoms with Gasteiger partial charge in [0.25, 0.3) is 0 Å². The Morgan fingerprint density at radius 2 is 1.90 bits per heavy atom. The molecule has 1 aromatic carbocycles. The van der Waals surface area contributed by atoms with Crippen LogP contribution in [0.3, 0.4) is 0 Å². The van der Waals surface area contributed by atoms with Gasteiger partial charge >= 0.3 is 12.1 Å². The molecule has 10 nitrogen and oxygen atoms in total. The largest absolute Gasteiger partial charge is 0.508 e. The number of hydrogen-bond donors (Lipinski definition) is 3. The zero-order valence-corrected chi connectivity index (χ0v) is 24.9. The highest BCUT2D eigenvalue weighted by atomic mass is 32.2.